The van der Waals surface area contributed by atoms with Crippen LogP contribution < -0.4 is 11.1 Å². The van der Waals surface area contributed by atoms with Crippen LogP contribution in [0.2, 0.25) is 0 Å². The predicted molar refractivity (Wildman–Crippen MR) is 70.8 cm³/mol. The van der Waals surface area contributed by atoms with Crippen molar-refractivity contribution in [1.29, 1.82) is 0 Å². The van der Waals surface area contributed by atoms with E-state index >= 15 is 0 Å². The van der Waals surface area contributed by atoms with Crippen LogP contribution in [0.25, 0.3) is 0 Å². The molecule has 0 heterocycles. The summed E-state index contributed by atoms with van der Waals surface area (Å²) in [5.41, 5.74) is 7.03. The van der Waals surface area contributed by atoms with E-state index in [1.165, 1.54) is 0 Å². The fourth-order valence-corrected chi connectivity index (χ4v) is 1.43. The Bertz CT molecular complexity index is 342. The van der Waals surface area contributed by atoms with Crippen LogP contribution in [0.5, 0.6) is 0 Å². The first-order valence-corrected chi connectivity index (χ1v) is 5.30. The zero-order valence-corrected chi connectivity index (χ0v) is 10.5. The van der Waals surface area contributed by atoms with Gasteiger partial charge in [0.25, 0.3) is 0 Å². The Kier molecular flexibility index (Phi) is 6.58. The number of hydrogen-bond donors (Lipinski definition) is 2. The quantitative estimate of drug-likeness (QED) is 0.798. The van der Waals surface area contributed by atoms with Gasteiger partial charge in [0.05, 0.1) is 11.4 Å². The maximum Gasteiger partial charge on any atom is 0.227 e. The molecule has 1 amide bonds. The summed E-state index contributed by atoms with van der Waals surface area (Å²) in [6.45, 7) is 4.00. The normalized spacial score (nSPS) is 11.4. The number of carbonyl (C=O) groups excluding carboxylic acids is 1. The second-order valence-electron chi connectivity index (χ2n) is 3.77. The molecule has 3 nitrogen and oxygen atoms in total. The second-order valence-corrected chi connectivity index (χ2v) is 3.77. The number of carbonyl (C=O) groups is 1. The van der Waals surface area contributed by atoms with Gasteiger partial charge in [0.2, 0.25) is 5.91 Å². The minimum absolute atomic E-state index is 0. The predicted octanol–water partition coefficient (Wildman–Crippen LogP) is 3.07. The van der Waals surface area contributed by atoms with Gasteiger partial charge in [-0.05, 0) is 18.6 Å². The molecular weight excluding hydrogens is 224 g/mol. The summed E-state index contributed by atoms with van der Waals surface area (Å²) in [7, 11) is 0. The fraction of sp³-hybridized carbons (Fsp3) is 0.417. The molecule has 1 aromatic carbocycles. The number of anilines is 2. The van der Waals surface area contributed by atoms with E-state index in [2.05, 4.69) is 12.2 Å². The smallest absolute Gasteiger partial charge is 0.227 e. The maximum absolute atomic E-state index is 11.7. The molecule has 0 bridgehead atoms. The van der Waals surface area contributed by atoms with Crippen molar-refractivity contribution in [2.75, 3.05) is 11.1 Å². The molecule has 1 atom stereocenters. The Morgan fingerprint density at radius 2 is 2.06 bits per heavy atom. The minimum Gasteiger partial charge on any atom is -0.397 e. The Morgan fingerprint density at radius 1 is 1.44 bits per heavy atom. The third-order valence-corrected chi connectivity index (χ3v) is 2.39. The number of hydrogen-bond acceptors (Lipinski definition) is 2. The van der Waals surface area contributed by atoms with E-state index in [9.17, 15) is 4.79 Å². The van der Waals surface area contributed by atoms with Crippen molar-refractivity contribution < 1.29 is 4.79 Å². The monoisotopic (exact) mass is 242 g/mol. The van der Waals surface area contributed by atoms with Gasteiger partial charge >= 0.3 is 0 Å². The molecule has 0 aliphatic rings. The lowest BCUT2D eigenvalue weighted by Gasteiger charge is -2.12. The molecule has 0 saturated carbocycles. The van der Waals surface area contributed by atoms with E-state index in [1.807, 2.05) is 25.1 Å². The molecular formula is C12H19ClN2O. The van der Waals surface area contributed by atoms with Crippen LogP contribution in [-0.4, -0.2) is 5.91 Å². The van der Waals surface area contributed by atoms with E-state index < -0.39 is 0 Å². The van der Waals surface area contributed by atoms with Gasteiger partial charge in [-0.25, -0.2) is 0 Å². The molecule has 3 N–H and O–H groups in total. The highest BCUT2D eigenvalue weighted by Gasteiger charge is 2.12. The second kappa shape index (κ2) is 7.12. The SMILES string of the molecule is CCCC(C)C(=O)Nc1ccccc1N.Cl. The van der Waals surface area contributed by atoms with Gasteiger partial charge in [0.1, 0.15) is 0 Å². The van der Waals surface area contributed by atoms with Crippen molar-refractivity contribution in [3.05, 3.63) is 24.3 Å². The van der Waals surface area contributed by atoms with E-state index in [0.717, 1.165) is 12.8 Å². The van der Waals surface area contributed by atoms with Crippen molar-refractivity contribution in [3.8, 4) is 0 Å². The fourth-order valence-electron chi connectivity index (χ4n) is 1.43. The van der Waals surface area contributed by atoms with Crippen LogP contribution in [0.15, 0.2) is 24.3 Å². The number of nitrogen functional groups attached to an aromatic ring is 1. The number of benzene rings is 1. The Balaban J connectivity index is 0.00000225. The lowest BCUT2D eigenvalue weighted by atomic mass is 10.1. The third-order valence-electron chi connectivity index (χ3n) is 2.39. The summed E-state index contributed by atoms with van der Waals surface area (Å²) in [4.78, 5) is 11.7. The average molecular weight is 243 g/mol. The standard InChI is InChI=1S/C12H18N2O.ClH/c1-3-6-9(2)12(15)14-11-8-5-4-7-10(11)13;/h4-5,7-9H,3,6,13H2,1-2H3,(H,14,15);1H. The Labute approximate surface area is 103 Å². The lowest BCUT2D eigenvalue weighted by Crippen LogP contribution is -2.20. The number of nitrogens with one attached hydrogen (secondary N) is 1. The first-order valence-electron chi connectivity index (χ1n) is 5.30. The zero-order chi connectivity index (χ0) is 11.3. The lowest BCUT2D eigenvalue weighted by molar-refractivity contribution is -0.119. The number of amides is 1. The van der Waals surface area contributed by atoms with Gasteiger partial charge in [0.15, 0.2) is 0 Å². The molecule has 0 fully saturated rings. The third kappa shape index (κ3) is 4.11. The molecule has 0 aliphatic heterocycles. The average Bonchev–Trinajstić information content (AvgIpc) is 2.21. The molecule has 1 aromatic rings. The van der Waals surface area contributed by atoms with Crippen LogP contribution in [0.4, 0.5) is 11.4 Å². The van der Waals surface area contributed by atoms with Crippen LogP contribution >= 0.6 is 12.4 Å². The van der Waals surface area contributed by atoms with E-state index in [-0.39, 0.29) is 24.2 Å². The van der Waals surface area contributed by atoms with Crippen molar-refractivity contribution in [3.63, 3.8) is 0 Å². The summed E-state index contributed by atoms with van der Waals surface area (Å²) in [6.07, 6.45) is 1.91. The highest BCUT2D eigenvalue weighted by Crippen LogP contribution is 2.18. The van der Waals surface area contributed by atoms with E-state index in [4.69, 9.17) is 5.73 Å². The van der Waals surface area contributed by atoms with Gasteiger partial charge in [-0.3, -0.25) is 4.79 Å². The molecule has 90 valence electrons. The molecule has 0 radical (unpaired) electrons. The molecule has 1 rings (SSSR count). The Morgan fingerprint density at radius 3 is 2.62 bits per heavy atom. The van der Waals surface area contributed by atoms with Crippen molar-refractivity contribution in [2.24, 2.45) is 5.92 Å². The van der Waals surface area contributed by atoms with Crippen LogP contribution in [0.3, 0.4) is 0 Å². The number of halogens is 1. The number of para-hydroxylation sites is 2. The summed E-state index contributed by atoms with van der Waals surface area (Å²) in [5.74, 6) is 0.0735. The molecule has 0 aliphatic carbocycles. The van der Waals surface area contributed by atoms with Gasteiger partial charge < -0.3 is 11.1 Å². The van der Waals surface area contributed by atoms with E-state index in [0.29, 0.717) is 11.4 Å². The van der Waals surface area contributed by atoms with Gasteiger partial charge in [-0.15, -0.1) is 12.4 Å². The summed E-state index contributed by atoms with van der Waals surface area (Å²) < 4.78 is 0. The first-order chi connectivity index (χ1) is 7.15. The van der Waals surface area contributed by atoms with Gasteiger partial charge in [0, 0.05) is 5.92 Å². The highest BCUT2D eigenvalue weighted by molar-refractivity contribution is 5.95. The van der Waals surface area contributed by atoms with Crippen LogP contribution in [-0.2, 0) is 4.79 Å². The van der Waals surface area contributed by atoms with Crippen LogP contribution in [0.1, 0.15) is 26.7 Å². The highest BCUT2D eigenvalue weighted by atomic mass is 35.5. The molecule has 16 heavy (non-hydrogen) atoms. The molecule has 1 unspecified atom stereocenters. The van der Waals surface area contributed by atoms with E-state index in [1.54, 1.807) is 6.07 Å². The first kappa shape index (κ1) is 14.8. The molecule has 0 aromatic heterocycles. The summed E-state index contributed by atoms with van der Waals surface area (Å²) >= 11 is 0. The van der Waals surface area contributed by atoms with Gasteiger partial charge in [-0.1, -0.05) is 32.4 Å². The van der Waals surface area contributed by atoms with Gasteiger partial charge in [-0.2, -0.15) is 0 Å². The topological polar surface area (TPSA) is 55.1 Å². The Hall–Kier alpha value is -1.22. The van der Waals surface area contributed by atoms with Crippen molar-refractivity contribution >= 4 is 29.7 Å². The van der Waals surface area contributed by atoms with Crippen molar-refractivity contribution in [1.82, 2.24) is 0 Å². The summed E-state index contributed by atoms with van der Waals surface area (Å²) in [6, 6.07) is 7.29. The van der Waals surface area contributed by atoms with Crippen molar-refractivity contribution in [2.45, 2.75) is 26.7 Å². The summed E-state index contributed by atoms with van der Waals surface area (Å²) in [5, 5.41) is 2.83. The number of rotatable bonds is 4. The van der Waals surface area contributed by atoms with Crippen LogP contribution in [0, 0.1) is 5.92 Å². The largest absolute Gasteiger partial charge is 0.397 e. The maximum atomic E-state index is 11.7. The molecule has 4 heteroatoms. The zero-order valence-electron chi connectivity index (χ0n) is 9.69. The minimum atomic E-state index is 0. The molecule has 0 spiro atoms. The molecule has 0 saturated heterocycles. The number of nitrogens with two attached hydrogens (primary N) is 1.